The number of oxazole rings is 1. The van der Waals surface area contributed by atoms with Crippen LogP contribution in [0.3, 0.4) is 0 Å². The molecule has 2 N–H and O–H groups in total. The summed E-state index contributed by atoms with van der Waals surface area (Å²) < 4.78 is 12.3. The number of benzene rings is 2. The molecule has 134 valence electrons. The quantitative estimate of drug-likeness (QED) is 0.502. The molecule has 0 atom stereocenters. The number of amides is 1. The van der Waals surface area contributed by atoms with Crippen molar-refractivity contribution in [3.8, 4) is 11.5 Å². The summed E-state index contributed by atoms with van der Waals surface area (Å²) in [5.74, 6) is -0.107. The lowest BCUT2D eigenvalue weighted by atomic mass is 10.1. The van der Waals surface area contributed by atoms with Crippen molar-refractivity contribution in [2.75, 3.05) is 31.2 Å². The van der Waals surface area contributed by atoms with Gasteiger partial charge in [0.2, 0.25) is 5.89 Å². The average molecular weight is 418 g/mol. The van der Waals surface area contributed by atoms with E-state index in [9.17, 15) is 4.79 Å². The molecule has 0 saturated carbocycles. The fraction of sp³-hybridized carbons (Fsp3) is 0.222. The number of nitrogens with one attached hydrogen (secondary N) is 1. The van der Waals surface area contributed by atoms with Crippen LogP contribution >= 0.6 is 15.9 Å². The van der Waals surface area contributed by atoms with Gasteiger partial charge in [-0.1, -0.05) is 15.9 Å². The summed E-state index contributed by atoms with van der Waals surface area (Å²) in [6.07, 6.45) is 0. The van der Waals surface area contributed by atoms with Crippen molar-refractivity contribution in [2.24, 2.45) is 0 Å². The van der Waals surface area contributed by atoms with Gasteiger partial charge < -0.3 is 14.1 Å². The zero-order valence-electron chi connectivity index (χ0n) is 13.7. The second kappa shape index (κ2) is 7.06. The Morgan fingerprint density at radius 3 is 2.77 bits per heavy atom. The van der Waals surface area contributed by atoms with E-state index < -0.39 is 5.91 Å². The number of halogens is 1. The van der Waals surface area contributed by atoms with Crippen LogP contribution in [0.1, 0.15) is 10.4 Å². The van der Waals surface area contributed by atoms with Crippen molar-refractivity contribution in [1.82, 2.24) is 10.5 Å². The fourth-order valence-corrected chi connectivity index (χ4v) is 3.35. The van der Waals surface area contributed by atoms with Crippen molar-refractivity contribution >= 4 is 38.6 Å². The largest absolute Gasteiger partial charge is 0.436 e. The molecule has 0 bridgehead atoms. The molecule has 1 fully saturated rings. The number of anilines is 1. The molecule has 1 aliphatic heterocycles. The Bertz CT molecular complexity index is 966. The lowest BCUT2D eigenvalue weighted by molar-refractivity contribution is 0.0706. The first kappa shape index (κ1) is 17.0. The molecule has 1 aliphatic rings. The lowest BCUT2D eigenvalue weighted by Crippen LogP contribution is -2.36. The van der Waals surface area contributed by atoms with Gasteiger partial charge in [-0.25, -0.2) is 10.5 Å². The van der Waals surface area contributed by atoms with E-state index in [1.165, 1.54) is 0 Å². The molecule has 26 heavy (non-hydrogen) atoms. The molecule has 0 radical (unpaired) electrons. The fourth-order valence-electron chi connectivity index (χ4n) is 3.00. The number of fused-ring (bicyclic) bond motifs is 1. The van der Waals surface area contributed by atoms with Crippen LogP contribution in [-0.4, -0.2) is 42.4 Å². The number of hydrogen-bond acceptors (Lipinski definition) is 6. The second-order valence-corrected chi connectivity index (χ2v) is 6.82. The molecule has 2 aromatic carbocycles. The summed E-state index contributed by atoms with van der Waals surface area (Å²) in [5.41, 5.74) is 4.95. The number of aromatic nitrogens is 1. The Morgan fingerprint density at radius 1 is 1.19 bits per heavy atom. The van der Waals surface area contributed by atoms with Gasteiger partial charge in [-0.2, -0.15) is 0 Å². The zero-order valence-corrected chi connectivity index (χ0v) is 15.3. The third-order valence-corrected chi connectivity index (χ3v) is 4.79. The predicted molar refractivity (Wildman–Crippen MR) is 99.4 cm³/mol. The van der Waals surface area contributed by atoms with E-state index in [4.69, 9.17) is 14.4 Å². The molecule has 8 heteroatoms. The number of carbonyl (C=O) groups excluding carboxylic acids is 1. The van der Waals surface area contributed by atoms with E-state index in [2.05, 4.69) is 25.8 Å². The number of rotatable bonds is 3. The monoisotopic (exact) mass is 417 g/mol. The third kappa shape index (κ3) is 3.18. The highest BCUT2D eigenvalue weighted by molar-refractivity contribution is 9.10. The molecule has 0 unspecified atom stereocenters. The second-order valence-electron chi connectivity index (χ2n) is 5.90. The van der Waals surface area contributed by atoms with Crippen molar-refractivity contribution in [1.29, 1.82) is 0 Å². The lowest BCUT2D eigenvalue weighted by Gasteiger charge is -2.30. The summed E-state index contributed by atoms with van der Waals surface area (Å²) in [6, 6.07) is 10.8. The van der Waals surface area contributed by atoms with E-state index in [1.54, 1.807) is 23.7 Å². The van der Waals surface area contributed by atoms with Crippen LogP contribution in [0.4, 0.5) is 5.69 Å². The standard InChI is InChI=1S/C18H16BrN3O4/c19-12-2-3-13(15(10-12)22-5-7-25-8-6-22)18-20-14-9-11(17(23)21-24)1-4-16(14)26-18/h1-4,9-10,24H,5-8H2,(H,21,23). The smallest absolute Gasteiger partial charge is 0.274 e. The average Bonchev–Trinajstić information content (AvgIpc) is 3.11. The van der Waals surface area contributed by atoms with E-state index in [1.807, 2.05) is 18.2 Å². The van der Waals surface area contributed by atoms with Gasteiger partial charge in [0.1, 0.15) is 5.52 Å². The molecule has 2 heterocycles. The molecule has 7 nitrogen and oxygen atoms in total. The van der Waals surface area contributed by atoms with Crippen molar-refractivity contribution in [2.45, 2.75) is 0 Å². The Balaban J connectivity index is 1.78. The summed E-state index contributed by atoms with van der Waals surface area (Å²) in [7, 11) is 0. The maximum Gasteiger partial charge on any atom is 0.274 e. The maximum absolute atomic E-state index is 11.6. The molecule has 1 aromatic heterocycles. The molecule has 0 aliphatic carbocycles. The molecule has 0 spiro atoms. The predicted octanol–water partition coefficient (Wildman–Crippen LogP) is 3.21. The number of hydroxylamine groups is 1. The highest BCUT2D eigenvalue weighted by atomic mass is 79.9. The molecular formula is C18H16BrN3O4. The Morgan fingerprint density at radius 2 is 2.00 bits per heavy atom. The minimum atomic E-state index is -0.589. The molecule has 4 rings (SSSR count). The van der Waals surface area contributed by atoms with E-state index >= 15 is 0 Å². The van der Waals surface area contributed by atoms with Gasteiger partial charge in [-0.3, -0.25) is 10.0 Å². The number of carbonyl (C=O) groups is 1. The summed E-state index contributed by atoms with van der Waals surface area (Å²) in [5, 5.41) is 8.79. The molecule has 1 amide bonds. The van der Waals surface area contributed by atoms with Gasteiger partial charge in [-0.05, 0) is 36.4 Å². The van der Waals surface area contributed by atoms with Gasteiger partial charge >= 0.3 is 0 Å². The number of ether oxygens (including phenoxy) is 1. The molecule has 1 saturated heterocycles. The van der Waals surface area contributed by atoms with Gasteiger partial charge in [0.25, 0.3) is 5.91 Å². The first-order valence-electron chi connectivity index (χ1n) is 8.13. The molecule has 3 aromatic rings. The Kier molecular flexibility index (Phi) is 4.62. The topological polar surface area (TPSA) is 87.8 Å². The highest BCUT2D eigenvalue weighted by Gasteiger charge is 2.20. The third-order valence-electron chi connectivity index (χ3n) is 4.29. The van der Waals surface area contributed by atoms with Crippen LogP contribution in [0, 0.1) is 0 Å². The van der Waals surface area contributed by atoms with Crippen LogP contribution in [0.5, 0.6) is 0 Å². The number of hydrogen-bond donors (Lipinski definition) is 2. The van der Waals surface area contributed by atoms with Gasteiger partial charge in [0.05, 0.1) is 24.5 Å². The van der Waals surface area contributed by atoms with Gasteiger partial charge in [0.15, 0.2) is 5.58 Å². The summed E-state index contributed by atoms with van der Waals surface area (Å²) in [4.78, 5) is 18.4. The van der Waals surface area contributed by atoms with Crippen molar-refractivity contribution < 1.29 is 19.2 Å². The molecular weight excluding hydrogens is 402 g/mol. The summed E-state index contributed by atoms with van der Waals surface area (Å²) >= 11 is 3.53. The highest BCUT2D eigenvalue weighted by Crippen LogP contribution is 2.35. The first-order chi connectivity index (χ1) is 12.7. The first-order valence-corrected chi connectivity index (χ1v) is 8.92. The zero-order chi connectivity index (χ0) is 18.1. The maximum atomic E-state index is 11.6. The van der Waals surface area contributed by atoms with Crippen LogP contribution in [0.25, 0.3) is 22.6 Å². The number of morpholine rings is 1. The van der Waals surface area contributed by atoms with Gasteiger partial charge in [-0.15, -0.1) is 0 Å². The van der Waals surface area contributed by atoms with Crippen molar-refractivity contribution in [3.05, 3.63) is 46.4 Å². The van der Waals surface area contributed by atoms with Crippen LogP contribution in [0.15, 0.2) is 45.3 Å². The Labute approximate surface area is 157 Å². The minimum absolute atomic E-state index is 0.309. The van der Waals surface area contributed by atoms with Crippen LogP contribution < -0.4 is 10.4 Å². The van der Waals surface area contributed by atoms with E-state index in [-0.39, 0.29) is 0 Å². The van der Waals surface area contributed by atoms with Crippen LogP contribution in [0.2, 0.25) is 0 Å². The normalized spacial score (nSPS) is 14.6. The SMILES string of the molecule is O=C(NO)c1ccc2oc(-c3ccc(Br)cc3N3CCOCC3)nc2c1. The van der Waals surface area contributed by atoms with Crippen molar-refractivity contribution in [3.63, 3.8) is 0 Å². The van der Waals surface area contributed by atoms with Crippen LogP contribution in [-0.2, 0) is 4.74 Å². The van der Waals surface area contributed by atoms with Gasteiger partial charge in [0, 0.05) is 23.1 Å². The Hall–Kier alpha value is -2.42. The van der Waals surface area contributed by atoms with E-state index in [0.717, 1.165) is 28.8 Å². The van der Waals surface area contributed by atoms with E-state index in [0.29, 0.717) is 35.8 Å². The minimum Gasteiger partial charge on any atom is -0.436 e. The summed E-state index contributed by atoms with van der Waals surface area (Å²) in [6.45, 7) is 2.95. The number of nitrogens with zero attached hydrogens (tertiary/aromatic N) is 2.